The van der Waals surface area contributed by atoms with Gasteiger partial charge in [0.1, 0.15) is 46.2 Å². The highest BCUT2D eigenvalue weighted by Crippen LogP contribution is 2.49. The fourth-order valence-corrected chi connectivity index (χ4v) is 5.38. The van der Waals surface area contributed by atoms with Gasteiger partial charge in [-0.15, -0.1) is 0 Å². The average molecular weight is 583 g/mol. The number of phenolic OH excluding ortho intramolecular Hbond substituents is 4. The van der Waals surface area contributed by atoms with Gasteiger partial charge in [-0.25, -0.2) is 0 Å². The number of benzene rings is 4. The number of hydrogen-bond donors (Lipinski definition) is 5. The van der Waals surface area contributed by atoms with Crippen molar-refractivity contribution in [2.45, 2.75) is 43.8 Å². The maximum atomic E-state index is 13.5. The minimum Gasteiger partial charge on any atom is -0.508 e. The van der Waals surface area contributed by atoms with Gasteiger partial charge in [0.05, 0.1) is 19.6 Å². The number of allylic oxidation sites excluding steroid dienone is 1. The number of methoxy groups -OCH3 is 1. The van der Waals surface area contributed by atoms with Crippen LogP contribution in [0.2, 0.25) is 0 Å². The normalized spacial score (nSPS) is 16.0. The van der Waals surface area contributed by atoms with E-state index in [1.807, 2.05) is 12.2 Å². The molecule has 3 atom stereocenters. The number of carbonyl (C=O) groups is 1. The van der Waals surface area contributed by atoms with Crippen molar-refractivity contribution in [2.24, 2.45) is 0 Å². The predicted molar refractivity (Wildman–Crippen MR) is 162 cm³/mol. The van der Waals surface area contributed by atoms with Gasteiger partial charge in [0.15, 0.2) is 5.78 Å². The molecular weight excluding hydrogens is 548 g/mol. The van der Waals surface area contributed by atoms with E-state index in [2.05, 4.69) is 0 Å². The molecule has 8 nitrogen and oxygen atoms in total. The smallest absolute Gasteiger partial charge is 0.174 e. The fourth-order valence-electron chi connectivity index (χ4n) is 5.38. The molecule has 0 saturated carbocycles. The van der Waals surface area contributed by atoms with Crippen molar-refractivity contribution in [1.82, 2.24) is 0 Å². The van der Waals surface area contributed by atoms with Crippen molar-refractivity contribution < 1.29 is 39.8 Å². The Labute approximate surface area is 249 Å². The predicted octanol–water partition coefficient (Wildman–Crippen LogP) is 6.40. The summed E-state index contributed by atoms with van der Waals surface area (Å²) in [7, 11) is 1.42. The molecule has 5 rings (SSSR count). The maximum Gasteiger partial charge on any atom is 0.174 e. The van der Waals surface area contributed by atoms with Crippen LogP contribution in [-0.2, 0) is 6.42 Å². The van der Waals surface area contributed by atoms with Gasteiger partial charge >= 0.3 is 0 Å². The van der Waals surface area contributed by atoms with Crippen LogP contribution in [0.3, 0.4) is 0 Å². The first kappa shape index (κ1) is 29.5. The van der Waals surface area contributed by atoms with E-state index in [1.54, 1.807) is 60.7 Å². The lowest BCUT2D eigenvalue weighted by Crippen LogP contribution is -2.23. The van der Waals surface area contributed by atoms with Crippen LogP contribution >= 0.6 is 0 Å². The minimum absolute atomic E-state index is 0.0433. The lowest BCUT2D eigenvalue weighted by molar-refractivity contribution is 0.0840. The van der Waals surface area contributed by atoms with Gasteiger partial charge < -0.3 is 35.0 Å². The number of aromatic hydroxyl groups is 4. The monoisotopic (exact) mass is 582 g/mol. The molecule has 1 aliphatic heterocycles. The zero-order valence-electron chi connectivity index (χ0n) is 23.7. The fraction of sp³-hybridized carbons (Fsp3) is 0.229. The summed E-state index contributed by atoms with van der Waals surface area (Å²) in [5, 5.41) is 51.5. The standard InChI is InChI=1S/C35H34O8/c1-42-32-20-29(40)33(35-34(32)30(41)19-31(43-35)23-9-16-27(38)17-10-23)24(8-2-21-3-11-25(36)12-4-21)18-28(39)15-7-22-5-13-26(37)14-6-22/h2-6,8-14,16-17,20,24,28,31,36-40H,7,15,18-19H2,1H3/b8-2+/t24?,28-,31?/m0/s1. The number of rotatable bonds is 10. The van der Waals surface area contributed by atoms with Crippen LogP contribution in [-0.4, -0.2) is 44.5 Å². The first-order valence-electron chi connectivity index (χ1n) is 14.1. The highest BCUT2D eigenvalue weighted by atomic mass is 16.5. The van der Waals surface area contributed by atoms with E-state index < -0.39 is 18.1 Å². The largest absolute Gasteiger partial charge is 0.508 e. The number of carbonyl (C=O) groups excluding carboxylic acids is 1. The zero-order chi connectivity index (χ0) is 30.5. The average Bonchev–Trinajstić information content (AvgIpc) is 2.99. The Hall–Kier alpha value is -4.95. The van der Waals surface area contributed by atoms with Crippen LogP contribution in [0.1, 0.15) is 63.9 Å². The summed E-state index contributed by atoms with van der Waals surface area (Å²) in [6.07, 6.45) is 3.47. The Morgan fingerprint density at radius 2 is 1.51 bits per heavy atom. The van der Waals surface area contributed by atoms with E-state index in [4.69, 9.17) is 9.47 Å². The lowest BCUT2D eigenvalue weighted by Gasteiger charge is -2.31. The number of aliphatic hydroxyl groups excluding tert-OH is 1. The van der Waals surface area contributed by atoms with Crippen LogP contribution < -0.4 is 9.47 Å². The third-order valence-electron chi connectivity index (χ3n) is 7.67. The first-order valence-corrected chi connectivity index (χ1v) is 14.1. The molecule has 0 amide bonds. The molecule has 0 aliphatic carbocycles. The van der Waals surface area contributed by atoms with Gasteiger partial charge in [-0.3, -0.25) is 4.79 Å². The lowest BCUT2D eigenvalue weighted by atomic mass is 9.85. The summed E-state index contributed by atoms with van der Waals surface area (Å²) in [6.45, 7) is 0. The van der Waals surface area contributed by atoms with Gasteiger partial charge in [-0.2, -0.15) is 0 Å². The maximum absolute atomic E-state index is 13.5. The molecule has 0 bridgehead atoms. The van der Waals surface area contributed by atoms with Crippen LogP contribution in [0.15, 0.2) is 84.9 Å². The number of fused-ring (bicyclic) bond motifs is 1. The second-order valence-corrected chi connectivity index (χ2v) is 10.7. The summed E-state index contributed by atoms with van der Waals surface area (Å²) >= 11 is 0. The number of ketones is 1. The highest BCUT2D eigenvalue weighted by Gasteiger charge is 2.36. The Morgan fingerprint density at radius 3 is 2.14 bits per heavy atom. The molecule has 43 heavy (non-hydrogen) atoms. The summed E-state index contributed by atoms with van der Waals surface area (Å²) in [4.78, 5) is 13.5. The van der Waals surface area contributed by atoms with Crippen LogP contribution in [0.5, 0.6) is 34.5 Å². The van der Waals surface area contributed by atoms with Crippen LogP contribution in [0.4, 0.5) is 0 Å². The van der Waals surface area contributed by atoms with Crippen molar-refractivity contribution >= 4 is 11.9 Å². The molecular formula is C35H34O8. The van der Waals surface area contributed by atoms with E-state index in [9.17, 15) is 30.3 Å². The quantitative estimate of drug-likeness (QED) is 0.145. The van der Waals surface area contributed by atoms with Crippen LogP contribution in [0.25, 0.3) is 6.08 Å². The van der Waals surface area contributed by atoms with E-state index in [0.717, 1.165) is 11.1 Å². The number of hydrogen-bond acceptors (Lipinski definition) is 8. The van der Waals surface area contributed by atoms with Crippen LogP contribution in [0, 0.1) is 0 Å². The molecule has 2 unspecified atom stereocenters. The zero-order valence-corrected chi connectivity index (χ0v) is 23.7. The molecule has 0 saturated heterocycles. The van der Waals surface area contributed by atoms with E-state index in [1.165, 1.54) is 25.3 Å². The second-order valence-electron chi connectivity index (χ2n) is 10.7. The number of aliphatic hydroxyl groups is 1. The third-order valence-corrected chi connectivity index (χ3v) is 7.67. The van der Waals surface area contributed by atoms with Crippen molar-refractivity contribution in [2.75, 3.05) is 7.11 Å². The molecule has 8 heteroatoms. The molecule has 5 N–H and O–H groups in total. The number of Topliss-reactive ketones (excluding diaryl/α,β-unsaturated/α-hetero) is 1. The summed E-state index contributed by atoms with van der Waals surface area (Å²) in [5.74, 6) is -0.151. The van der Waals surface area contributed by atoms with E-state index in [-0.39, 0.29) is 58.7 Å². The van der Waals surface area contributed by atoms with E-state index >= 15 is 0 Å². The first-order chi connectivity index (χ1) is 20.7. The molecule has 0 spiro atoms. The van der Waals surface area contributed by atoms with Gasteiger partial charge in [0.2, 0.25) is 0 Å². The number of ether oxygens (including phenoxy) is 2. The Morgan fingerprint density at radius 1 is 0.907 bits per heavy atom. The number of phenols is 4. The SMILES string of the molecule is COc1cc(O)c(C(/C=C/c2ccc(O)cc2)C[C@@H](O)CCc2ccc(O)cc2)c2c1C(=O)CC(c1ccc(O)cc1)O2. The molecule has 0 radical (unpaired) electrons. The summed E-state index contributed by atoms with van der Waals surface area (Å²) in [6, 6.07) is 21.3. The Kier molecular flexibility index (Phi) is 8.87. The van der Waals surface area contributed by atoms with E-state index in [0.29, 0.717) is 24.0 Å². The molecule has 0 fully saturated rings. The number of aryl methyl sites for hydroxylation is 1. The van der Waals surface area contributed by atoms with Gasteiger partial charge in [-0.05, 0) is 72.4 Å². The molecule has 4 aromatic rings. The van der Waals surface area contributed by atoms with Gasteiger partial charge in [0, 0.05) is 17.5 Å². The Balaban J connectivity index is 1.53. The van der Waals surface area contributed by atoms with Crippen molar-refractivity contribution in [3.8, 4) is 34.5 Å². The third kappa shape index (κ3) is 6.93. The van der Waals surface area contributed by atoms with Crippen molar-refractivity contribution in [1.29, 1.82) is 0 Å². The second kappa shape index (κ2) is 12.9. The molecule has 222 valence electrons. The minimum atomic E-state index is -0.785. The topological polar surface area (TPSA) is 137 Å². The molecule has 1 aliphatic rings. The van der Waals surface area contributed by atoms with Crippen molar-refractivity contribution in [3.63, 3.8) is 0 Å². The summed E-state index contributed by atoms with van der Waals surface area (Å²) < 4.78 is 11.9. The molecule has 0 aromatic heterocycles. The summed E-state index contributed by atoms with van der Waals surface area (Å²) in [5.41, 5.74) is 3.03. The molecule has 1 heterocycles. The highest BCUT2D eigenvalue weighted by molar-refractivity contribution is 6.03. The van der Waals surface area contributed by atoms with Crippen molar-refractivity contribution in [3.05, 3.63) is 113 Å². The Bertz CT molecular complexity index is 1590. The van der Waals surface area contributed by atoms with Gasteiger partial charge in [-0.1, -0.05) is 48.6 Å². The molecule has 4 aromatic carbocycles. The van der Waals surface area contributed by atoms with Gasteiger partial charge in [0.25, 0.3) is 0 Å².